The number of anilines is 1. The summed E-state index contributed by atoms with van der Waals surface area (Å²) in [6.45, 7) is 6.83. The molecule has 0 spiro atoms. The molecular formula is C20H27N3O3S. The van der Waals surface area contributed by atoms with Crippen LogP contribution in [-0.4, -0.2) is 47.8 Å². The third-order valence-electron chi connectivity index (χ3n) is 4.58. The van der Waals surface area contributed by atoms with E-state index in [1.807, 2.05) is 19.1 Å². The number of aryl methyl sites for hydroxylation is 1. The lowest BCUT2D eigenvalue weighted by Crippen LogP contribution is -2.37. The Balaban J connectivity index is 1.48. The molecule has 0 aliphatic carbocycles. The van der Waals surface area contributed by atoms with Crippen molar-refractivity contribution in [3.63, 3.8) is 0 Å². The van der Waals surface area contributed by atoms with Crippen LogP contribution < -0.4 is 14.9 Å². The van der Waals surface area contributed by atoms with E-state index in [4.69, 9.17) is 4.74 Å². The Morgan fingerprint density at radius 3 is 2.44 bits per heavy atom. The summed E-state index contributed by atoms with van der Waals surface area (Å²) >= 11 is 0. The number of nitrogens with one attached hydrogen (secondary N) is 2. The average molecular weight is 390 g/mol. The van der Waals surface area contributed by atoms with E-state index in [9.17, 15) is 8.42 Å². The first-order valence-electron chi connectivity index (χ1n) is 9.24. The molecule has 6 nitrogen and oxygen atoms in total. The Morgan fingerprint density at radius 2 is 1.70 bits per heavy atom. The smallest absolute Gasteiger partial charge is 0.240 e. The van der Waals surface area contributed by atoms with Gasteiger partial charge in [0.2, 0.25) is 10.0 Å². The third kappa shape index (κ3) is 5.52. The van der Waals surface area contributed by atoms with E-state index < -0.39 is 10.0 Å². The number of benzene rings is 2. The minimum absolute atomic E-state index is 0.297. The van der Waals surface area contributed by atoms with Gasteiger partial charge in [-0.2, -0.15) is 0 Å². The normalized spacial score (nSPS) is 15.1. The highest BCUT2D eigenvalue weighted by atomic mass is 32.2. The van der Waals surface area contributed by atoms with Crippen LogP contribution in [0.4, 0.5) is 5.69 Å². The Labute approximate surface area is 161 Å². The summed E-state index contributed by atoms with van der Waals surface area (Å²) in [5.74, 6) is 0. The van der Waals surface area contributed by atoms with Gasteiger partial charge in [-0.15, -0.1) is 0 Å². The maximum Gasteiger partial charge on any atom is 0.240 e. The molecule has 0 atom stereocenters. The minimum Gasteiger partial charge on any atom is -0.378 e. The van der Waals surface area contributed by atoms with Gasteiger partial charge in [0.15, 0.2) is 0 Å². The van der Waals surface area contributed by atoms with E-state index >= 15 is 0 Å². The number of rotatable bonds is 8. The SMILES string of the molecule is Cc1ccc(S(=O)(=O)NCCNCc2ccccc2N2CCOCC2)cc1. The lowest BCUT2D eigenvalue weighted by atomic mass is 10.1. The van der Waals surface area contributed by atoms with Crippen LogP contribution in [0.3, 0.4) is 0 Å². The zero-order valence-corrected chi connectivity index (χ0v) is 16.5. The second kappa shape index (κ2) is 9.32. The monoisotopic (exact) mass is 389 g/mol. The first-order valence-corrected chi connectivity index (χ1v) is 10.7. The van der Waals surface area contributed by atoms with Gasteiger partial charge in [0.25, 0.3) is 0 Å². The molecule has 2 N–H and O–H groups in total. The third-order valence-corrected chi connectivity index (χ3v) is 6.06. The minimum atomic E-state index is -3.46. The van der Waals surface area contributed by atoms with Crippen LogP contribution in [0.5, 0.6) is 0 Å². The highest BCUT2D eigenvalue weighted by Crippen LogP contribution is 2.21. The van der Waals surface area contributed by atoms with Crippen molar-refractivity contribution in [3.05, 3.63) is 59.7 Å². The van der Waals surface area contributed by atoms with Gasteiger partial charge in [-0.05, 0) is 30.7 Å². The molecule has 0 aromatic heterocycles. The van der Waals surface area contributed by atoms with Crippen molar-refractivity contribution in [1.82, 2.24) is 10.0 Å². The molecule has 0 bridgehead atoms. The number of nitrogens with zero attached hydrogens (tertiary/aromatic N) is 1. The largest absolute Gasteiger partial charge is 0.378 e. The molecule has 1 heterocycles. The summed E-state index contributed by atoms with van der Waals surface area (Å²) < 4.78 is 32.6. The van der Waals surface area contributed by atoms with Gasteiger partial charge >= 0.3 is 0 Å². The fourth-order valence-corrected chi connectivity index (χ4v) is 4.10. The summed E-state index contributed by atoms with van der Waals surface area (Å²) in [4.78, 5) is 2.63. The van der Waals surface area contributed by atoms with Crippen molar-refractivity contribution in [2.45, 2.75) is 18.4 Å². The zero-order valence-electron chi connectivity index (χ0n) is 15.6. The highest BCUT2D eigenvalue weighted by Gasteiger charge is 2.15. The van der Waals surface area contributed by atoms with Gasteiger partial charge in [-0.3, -0.25) is 0 Å². The first-order chi connectivity index (χ1) is 13.1. The fourth-order valence-electron chi connectivity index (χ4n) is 3.07. The van der Waals surface area contributed by atoms with E-state index in [0.29, 0.717) is 24.5 Å². The van der Waals surface area contributed by atoms with E-state index in [-0.39, 0.29) is 0 Å². The second-order valence-corrected chi connectivity index (χ2v) is 8.38. The quantitative estimate of drug-likeness (QED) is 0.675. The Bertz CT molecular complexity index is 832. The molecule has 0 radical (unpaired) electrons. The number of sulfonamides is 1. The molecule has 2 aromatic rings. The van der Waals surface area contributed by atoms with Gasteiger partial charge in [0.05, 0.1) is 18.1 Å². The molecule has 27 heavy (non-hydrogen) atoms. The maximum absolute atomic E-state index is 12.3. The molecule has 1 aliphatic heterocycles. The number of hydrogen-bond acceptors (Lipinski definition) is 5. The van der Waals surface area contributed by atoms with Crippen LogP contribution in [0.2, 0.25) is 0 Å². The molecular weight excluding hydrogens is 362 g/mol. The number of morpholine rings is 1. The average Bonchev–Trinajstić information content (AvgIpc) is 2.69. The molecule has 2 aromatic carbocycles. The fraction of sp³-hybridized carbons (Fsp3) is 0.400. The van der Waals surface area contributed by atoms with Crippen LogP contribution in [-0.2, 0) is 21.3 Å². The van der Waals surface area contributed by atoms with E-state index in [2.05, 4.69) is 27.1 Å². The molecule has 1 fully saturated rings. The van der Waals surface area contributed by atoms with Crippen molar-refractivity contribution < 1.29 is 13.2 Å². The number of para-hydroxylation sites is 1. The summed E-state index contributed by atoms with van der Waals surface area (Å²) in [7, 11) is -3.46. The summed E-state index contributed by atoms with van der Waals surface area (Å²) in [5.41, 5.74) is 3.46. The number of ether oxygens (including phenoxy) is 1. The predicted molar refractivity (Wildman–Crippen MR) is 108 cm³/mol. The summed E-state index contributed by atoms with van der Waals surface area (Å²) in [5, 5.41) is 3.33. The van der Waals surface area contributed by atoms with Crippen LogP contribution >= 0.6 is 0 Å². The van der Waals surface area contributed by atoms with Gasteiger partial charge in [0.1, 0.15) is 0 Å². The lowest BCUT2D eigenvalue weighted by molar-refractivity contribution is 0.122. The second-order valence-electron chi connectivity index (χ2n) is 6.62. The Kier molecular flexibility index (Phi) is 6.84. The first kappa shape index (κ1) is 19.8. The standard InChI is InChI=1S/C20H27N3O3S/c1-17-6-8-19(9-7-17)27(24,25)22-11-10-21-16-18-4-2-3-5-20(18)23-12-14-26-15-13-23/h2-9,21-22H,10-16H2,1H3. The molecule has 1 aliphatic rings. The zero-order chi connectivity index (χ0) is 19.1. The Hall–Kier alpha value is -1.93. The molecule has 7 heteroatoms. The van der Waals surface area contributed by atoms with Crippen LogP contribution in [0.15, 0.2) is 53.4 Å². The molecule has 1 saturated heterocycles. The summed E-state index contributed by atoms with van der Waals surface area (Å²) in [6, 6.07) is 15.2. The summed E-state index contributed by atoms with van der Waals surface area (Å²) in [6.07, 6.45) is 0. The molecule has 0 unspecified atom stereocenters. The van der Waals surface area contributed by atoms with E-state index in [0.717, 1.165) is 31.9 Å². The van der Waals surface area contributed by atoms with Crippen LogP contribution in [0, 0.1) is 6.92 Å². The molecule has 146 valence electrons. The molecule has 3 rings (SSSR count). The van der Waals surface area contributed by atoms with Crippen molar-refractivity contribution in [2.24, 2.45) is 0 Å². The van der Waals surface area contributed by atoms with E-state index in [1.54, 1.807) is 24.3 Å². The predicted octanol–water partition coefficient (Wildman–Crippen LogP) is 1.90. The number of hydrogen-bond donors (Lipinski definition) is 2. The van der Waals surface area contributed by atoms with Crippen molar-refractivity contribution in [1.29, 1.82) is 0 Å². The lowest BCUT2D eigenvalue weighted by Gasteiger charge is -2.30. The van der Waals surface area contributed by atoms with Crippen LogP contribution in [0.25, 0.3) is 0 Å². The molecule has 0 saturated carbocycles. The van der Waals surface area contributed by atoms with E-state index in [1.165, 1.54) is 11.3 Å². The van der Waals surface area contributed by atoms with Gasteiger partial charge in [-0.1, -0.05) is 35.9 Å². The van der Waals surface area contributed by atoms with Crippen molar-refractivity contribution in [2.75, 3.05) is 44.3 Å². The Morgan fingerprint density at radius 1 is 1.00 bits per heavy atom. The van der Waals surface area contributed by atoms with Gasteiger partial charge in [0, 0.05) is 38.4 Å². The van der Waals surface area contributed by atoms with Crippen LogP contribution in [0.1, 0.15) is 11.1 Å². The van der Waals surface area contributed by atoms with Crippen molar-refractivity contribution >= 4 is 15.7 Å². The van der Waals surface area contributed by atoms with Gasteiger partial charge < -0.3 is 15.0 Å². The maximum atomic E-state index is 12.3. The van der Waals surface area contributed by atoms with Gasteiger partial charge in [-0.25, -0.2) is 13.1 Å². The van der Waals surface area contributed by atoms with Crippen molar-refractivity contribution in [3.8, 4) is 0 Å². The topological polar surface area (TPSA) is 70.7 Å². The molecule has 0 amide bonds. The highest BCUT2D eigenvalue weighted by molar-refractivity contribution is 7.89.